The molecule has 7 nitrogen and oxygen atoms in total. The zero-order valence-electron chi connectivity index (χ0n) is 16.2. The van der Waals surface area contributed by atoms with E-state index in [0.717, 1.165) is 39.2 Å². The number of H-pyrrole nitrogens is 1. The Hall–Kier alpha value is -2.45. The molecule has 0 amide bonds. The van der Waals surface area contributed by atoms with Gasteiger partial charge in [-0.1, -0.05) is 0 Å². The van der Waals surface area contributed by atoms with Crippen LogP contribution in [-0.4, -0.2) is 42.1 Å². The lowest BCUT2D eigenvalue weighted by Crippen LogP contribution is -2.29. The molecular formula is C20H24N4O3S. The first kappa shape index (κ1) is 18.9. The number of ether oxygens (including phenoxy) is 1. The summed E-state index contributed by atoms with van der Waals surface area (Å²) >= 11 is 0. The van der Waals surface area contributed by atoms with Crippen LogP contribution in [0.1, 0.15) is 29.7 Å². The Morgan fingerprint density at radius 3 is 2.61 bits per heavy atom. The molecule has 1 fully saturated rings. The van der Waals surface area contributed by atoms with Crippen LogP contribution in [0.3, 0.4) is 0 Å². The van der Waals surface area contributed by atoms with Gasteiger partial charge in [-0.3, -0.25) is 10.1 Å². The largest absolute Gasteiger partial charge is 0.381 e. The van der Waals surface area contributed by atoms with Gasteiger partial charge in [0.05, 0.1) is 21.3 Å². The summed E-state index contributed by atoms with van der Waals surface area (Å²) in [5, 5.41) is 10.9. The lowest BCUT2D eigenvalue weighted by atomic mass is 10.1. The highest BCUT2D eigenvalue weighted by molar-refractivity contribution is 7.92. The molecule has 0 saturated carbocycles. The van der Waals surface area contributed by atoms with E-state index in [1.54, 1.807) is 12.3 Å². The predicted molar refractivity (Wildman–Crippen MR) is 109 cm³/mol. The second kappa shape index (κ2) is 7.18. The molecule has 4 rings (SSSR count). The molecule has 3 heterocycles. The molecule has 1 saturated heterocycles. The molecule has 148 valence electrons. The van der Waals surface area contributed by atoms with Crippen LogP contribution in [-0.2, 0) is 14.6 Å². The van der Waals surface area contributed by atoms with Gasteiger partial charge in [0.2, 0.25) is 0 Å². The zero-order chi connectivity index (χ0) is 19.9. The number of rotatable bonds is 4. The van der Waals surface area contributed by atoms with Gasteiger partial charge in [-0.2, -0.15) is 5.10 Å². The number of benzene rings is 1. The maximum atomic E-state index is 13.3. The van der Waals surface area contributed by atoms with Crippen LogP contribution in [0.5, 0.6) is 0 Å². The minimum absolute atomic E-state index is 0.373. The van der Waals surface area contributed by atoms with E-state index in [2.05, 4.69) is 20.5 Å². The van der Waals surface area contributed by atoms with Gasteiger partial charge < -0.3 is 10.1 Å². The van der Waals surface area contributed by atoms with Crippen LogP contribution in [0.25, 0.3) is 10.9 Å². The number of nitrogens with zero attached hydrogens (tertiary/aromatic N) is 2. The average molecular weight is 401 g/mol. The third-order valence-corrected chi connectivity index (χ3v) is 7.86. The van der Waals surface area contributed by atoms with Gasteiger partial charge in [0.15, 0.2) is 15.7 Å². The van der Waals surface area contributed by atoms with Gasteiger partial charge >= 0.3 is 0 Å². The maximum Gasteiger partial charge on any atom is 0.181 e. The Balaban J connectivity index is 1.81. The molecule has 0 aliphatic carbocycles. The smallest absolute Gasteiger partial charge is 0.181 e. The number of nitrogens with one attached hydrogen (secondary N) is 2. The number of aryl methyl sites for hydroxylation is 2. The van der Waals surface area contributed by atoms with Gasteiger partial charge in [-0.15, -0.1) is 0 Å². The molecule has 3 aromatic rings. The van der Waals surface area contributed by atoms with Crippen molar-refractivity contribution in [3.8, 4) is 0 Å². The number of aromatic nitrogens is 3. The fourth-order valence-electron chi connectivity index (χ4n) is 3.59. The molecule has 0 atom stereocenters. The van der Waals surface area contributed by atoms with Crippen molar-refractivity contribution < 1.29 is 13.2 Å². The van der Waals surface area contributed by atoms with Gasteiger partial charge in [0.25, 0.3) is 0 Å². The van der Waals surface area contributed by atoms with Crippen molar-refractivity contribution in [2.75, 3.05) is 18.5 Å². The van der Waals surface area contributed by atoms with E-state index in [9.17, 15) is 8.42 Å². The summed E-state index contributed by atoms with van der Waals surface area (Å²) in [5.41, 5.74) is 4.25. The molecule has 0 unspecified atom stereocenters. The van der Waals surface area contributed by atoms with E-state index in [-0.39, 0.29) is 0 Å². The number of fused-ring (bicyclic) bond motifs is 1. The first-order valence-electron chi connectivity index (χ1n) is 9.37. The summed E-state index contributed by atoms with van der Waals surface area (Å²) in [7, 11) is -3.44. The molecule has 2 aromatic heterocycles. The Bertz CT molecular complexity index is 1130. The van der Waals surface area contributed by atoms with Crippen LogP contribution >= 0.6 is 0 Å². The second-order valence-corrected chi connectivity index (χ2v) is 9.49. The van der Waals surface area contributed by atoms with Crippen molar-refractivity contribution >= 4 is 32.2 Å². The number of pyridine rings is 1. The van der Waals surface area contributed by atoms with Gasteiger partial charge in [0, 0.05) is 36.1 Å². The topological polar surface area (TPSA) is 97.0 Å². The Kier molecular flexibility index (Phi) is 4.84. The summed E-state index contributed by atoms with van der Waals surface area (Å²) in [6, 6.07) is 5.43. The summed E-state index contributed by atoms with van der Waals surface area (Å²) in [6.07, 6.45) is 2.78. The third kappa shape index (κ3) is 3.27. The molecule has 2 N–H and O–H groups in total. The van der Waals surface area contributed by atoms with Gasteiger partial charge in [-0.25, -0.2) is 8.42 Å². The second-order valence-electron chi connectivity index (χ2n) is 7.30. The quantitative estimate of drug-likeness (QED) is 0.695. The van der Waals surface area contributed by atoms with Crippen molar-refractivity contribution in [3.05, 3.63) is 41.2 Å². The first-order valence-corrected chi connectivity index (χ1v) is 10.9. The van der Waals surface area contributed by atoms with Crippen molar-refractivity contribution in [1.29, 1.82) is 0 Å². The summed E-state index contributed by atoms with van der Waals surface area (Å²) in [6.45, 7) is 6.75. The number of aromatic amines is 1. The fraction of sp³-hybridized carbons (Fsp3) is 0.400. The Morgan fingerprint density at radius 1 is 1.18 bits per heavy atom. The lowest BCUT2D eigenvalue weighted by Gasteiger charge is -2.23. The van der Waals surface area contributed by atoms with Crippen molar-refractivity contribution in [3.63, 3.8) is 0 Å². The normalized spacial score (nSPS) is 15.8. The zero-order valence-corrected chi connectivity index (χ0v) is 17.1. The minimum atomic E-state index is -3.44. The standard InChI is InChI=1S/C20H24N4O3S/c1-12-10-18-16(11-19(12)28(25,26)15-5-8-27-9-6-15)17(4-7-21-18)22-20-13(2)14(3)23-24-20/h4,7,10-11,15H,5-6,8-9H2,1-3H3,(H2,21,22,23,24). The average Bonchev–Trinajstić information content (AvgIpc) is 3.00. The van der Waals surface area contributed by atoms with Crippen LogP contribution < -0.4 is 5.32 Å². The van der Waals surface area contributed by atoms with Crippen molar-refractivity contribution in [2.24, 2.45) is 0 Å². The van der Waals surface area contributed by atoms with Gasteiger partial charge in [-0.05, 0) is 57.4 Å². The highest BCUT2D eigenvalue weighted by Crippen LogP contribution is 2.33. The molecule has 0 bridgehead atoms. The number of hydrogen-bond donors (Lipinski definition) is 2. The molecule has 1 aliphatic heterocycles. The van der Waals surface area contributed by atoms with Crippen LogP contribution in [0, 0.1) is 20.8 Å². The fourth-order valence-corrected chi connectivity index (χ4v) is 5.55. The van der Waals surface area contributed by atoms with E-state index in [1.807, 2.05) is 32.9 Å². The van der Waals surface area contributed by atoms with E-state index in [4.69, 9.17) is 4.74 Å². The highest BCUT2D eigenvalue weighted by atomic mass is 32.2. The Labute approximate surface area is 164 Å². The minimum Gasteiger partial charge on any atom is -0.381 e. The monoisotopic (exact) mass is 400 g/mol. The van der Waals surface area contributed by atoms with Crippen LogP contribution in [0.4, 0.5) is 11.5 Å². The molecule has 1 aromatic carbocycles. The van der Waals surface area contributed by atoms with E-state index in [0.29, 0.717) is 31.0 Å². The van der Waals surface area contributed by atoms with Crippen molar-refractivity contribution in [1.82, 2.24) is 15.2 Å². The molecular weight excluding hydrogens is 376 g/mol. The van der Waals surface area contributed by atoms with Gasteiger partial charge in [0.1, 0.15) is 0 Å². The molecule has 0 radical (unpaired) electrons. The third-order valence-electron chi connectivity index (χ3n) is 5.46. The molecule has 1 aliphatic rings. The first-order chi connectivity index (χ1) is 13.4. The SMILES string of the molecule is Cc1cc2nccc(Nc3n[nH]c(C)c3C)c2cc1S(=O)(=O)C1CCOCC1. The van der Waals surface area contributed by atoms with E-state index < -0.39 is 15.1 Å². The summed E-state index contributed by atoms with van der Waals surface area (Å²) < 4.78 is 31.9. The molecule has 0 spiro atoms. The molecule has 8 heteroatoms. The lowest BCUT2D eigenvalue weighted by molar-refractivity contribution is 0.0983. The van der Waals surface area contributed by atoms with Crippen LogP contribution in [0.2, 0.25) is 0 Å². The van der Waals surface area contributed by atoms with Crippen molar-refractivity contribution in [2.45, 2.75) is 43.8 Å². The number of anilines is 2. The summed E-state index contributed by atoms with van der Waals surface area (Å²) in [4.78, 5) is 4.80. The van der Waals surface area contributed by atoms with E-state index in [1.165, 1.54) is 0 Å². The maximum absolute atomic E-state index is 13.3. The predicted octanol–water partition coefficient (Wildman–Crippen LogP) is 3.58. The summed E-state index contributed by atoms with van der Waals surface area (Å²) in [5.74, 6) is 0.722. The number of hydrogen-bond acceptors (Lipinski definition) is 6. The van der Waals surface area contributed by atoms with Crippen LogP contribution in [0.15, 0.2) is 29.3 Å². The Morgan fingerprint density at radius 2 is 1.93 bits per heavy atom. The molecule has 28 heavy (non-hydrogen) atoms. The van der Waals surface area contributed by atoms with E-state index >= 15 is 0 Å². The highest BCUT2D eigenvalue weighted by Gasteiger charge is 2.31. The number of sulfone groups is 1.